The molecule has 4 heteroatoms. The molecule has 0 spiro atoms. The fourth-order valence-corrected chi connectivity index (χ4v) is 8.95. The molecule has 29 heavy (non-hydrogen) atoms. The Morgan fingerprint density at radius 1 is 1.07 bits per heavy atom. The average Bonchev–Trinajstić information content (AvgIpc) is 3.04. The molecule has 4 fully saturated rings. The third-order valence-electron chi connectivity index (χ3n) is 10.4. The molecule has 1 N–H and O–H groups in total. The van der Waals surface area contributed by atoms with E-state index in [1.54, 1.807) is 0 Å². The summed E-state index contributed by atoms with van der Waals surface area (Å²) in [6.07, 6.45) is 12.5. The van der Waals surface area contributed by atoms with E-state index in [0.717, 1.165) is 37.0 Å². The number of rotatable bonds is 6. The molecular weight excluding hydrogens is 364 g/mol. The molecule has 9 atom stereocenters. The zero-order valence-corrected chi connectivity index (χ0v) is 18.6. The van der Waals surface area contributed by atoms with Crippen LogP contribution in [0.3, 0.4) is 0 Å². The molecule has 0 aliphatic heterocycles. The van der Waals surface area contributed by atoms with E-state index in [4.69, 9.17) is 9.84 Å². The van der Waals surface area contributed by atoms with E-state index in [2.05, 4.69) is 20.8 Å². The molecule has 0 heterocycles. The molecule has 0 aromatic carbocycles. The van der Waals surface area contributed by atoms with Gasteiger partial charge >= 0.3 is 5.97 Å². The van der Waals surface area contributed by atoms with Gasteiger partial charge in [0.2, 0.25) is 0 Å². The maximum absolute atomic E-state index is 11.1. The highest BCUT2D eigenvalue weighted by molar-refractivity contribution is 5.66. The zero-order valence-electron chi connectivity index (χ0n) is 18.6. The number of aliphatic carboxylic acids is 1. The van der Waals surface area contributed by atoms with E-state index in [9.17, 15) is 9.59 Å². The molecule has 164 valence electrons. The fourth-order valence-electron chi connectivity index (χ4n) is 8.95. The number of hydrogen-bond acceptors (Lipinski definition) is 3. The summed E-state index contributed by atoms with van der Waals surface area (Å²) in [7, 11) is 0. The Hall–Kier alpha value is -1.06. The Bertz CT molecular complexity index is 632. The van der Waals surface area contributed by atoms with Crippen molar-refractivity contribution in [1.82, 2.24) is 0 Å². The largest absolute Gasteiger partial charge is 0.481 e. The number of hydrogen-bond donors (Lipinski definition) is 1. The Balaban J connectivity index is 1.48. The van der Waals surface area contributed by atoms with Crippen LogP contribution in [0.15, 0.2) is 0 Å². The van der Waals surface area contributed by atoms with Crippen molar-refractivity contribution in [3.63, 3.8) is 0 Å². The quantitative estimate of drug-likeness (QED) is 0.578. The summed E-state index contributed by atoms with van der Waals surface area (Å²) in [5.74, 6) is 3.75. The lowest BCUT2D eigenvalue weighted by atomic mass is 9.44. The van der Waals surface area contributed by atoms with Gasteiger partial charge < -0.3 is 9.84 Å². The van der Waals surface area contributed by atoms with E-state index in [0.29, 0.717) is 41.5 Å². The maximum atomic E-state index is 11.1. The first kappa shape index (κ1) is 21.2. The predicted molar refractivity (Wildman–Crippen MR) is 112 cm³/mol. The Morgan fingerprint density at radius 3 is 2.52 bits per heavy atom. The molecule has 4 saturated carbocycles. The van der Waals surface area contributed by atoms with Gasteiger partial charge in [-0.25, -0.2) is 0 Å². The van der Waals surface area contributed by atoms with E-state index in [1.807, 2.05) is 0 Å². The highest BCUT2D eigenvalue weighted by Gasteiger charge is 2.60. The van der Waals surface area contributed by atoms with Crippen molar-refractivity contribution < 1.29 is 19.4 Å². The van der Waals surface area contributed by atoms with Crippen molar-refractivity contribution in [2.45, 2.75) is 97.5 Å². The number of carboxylic acid groups (broad SMARTS) is 1. The van der Waals surface area contributed by atoms with Gasteiger partial charge in [-0.1, -0.05) is 20.8 Å². The smallest absolute Gasteiger partial charge is 0.303 e. The molecule has 0 amide bonds. The molecule has 4 aliphatic rings. The van der Waals surface area contributed by atoms with Crippen LogP contribution in [-0.2, 0) is 14.3 Å². The van der Waals surface area contributed by atoms with Crippen LogP contribution < -0.4 is 0 Å². The molecule has 0 aromatic rings. The first-order chi connectivity index (χ1) is 13.8. The first-order valence-electron chi connectivity index (χ1n) is 12.1. The van der Waals surface area contributed by atoms with Crippen molar-refractivity contribution in [2.24, 2.45) is 46.3 Å². The Labute approximate surface area is 176 Å². The SMILES string of the molecule is C[C@H](CCC(=O)O)C1CC[C@H]2[C@@H]3CC[C@@H]4C[C@H](OC=O)CC[C@]4(C)[C@H]3CC[C@]12C. The molecule has 0 aromatic heterocycles. The van der Waals surface area contributed by atoms with Gasteiger partial charge in [-0.05, 0) is 111 Å². The number of carbonyl (C=O) groups is 2. The monoisotopic (exact) mass is 404 g/mol. The number of fused-ring (bicyclic) bond motifs is 5. The predicted octanol–water partition coefficient (Wildman–Crippen LogP) is 5.69. The normalized spacial score (nSPS) is 47.4. The van der Waals surface area contributed by atoms with Crippen LogP contribution in [0.2, 0.25) is 0 Å². The minimum Gasteiger partial charge on any atom is -0.481 e. The summed E-state index contributed by atoms with van der Waals surface area (Å²) >= 11 is 0. The summed E-state index contributed by atoms with van der Waals surface area (Å²) in [5, 5.41) is 9.12. The summed E-state index contributed by atoms with van der Waals surface area (Å²) in [4.78, 5) is 21.9. The van der Waals surface area contributed by atoms with Crippen LogP contribution in [0.1, 0.15) is 91.4 Å². The van der Waals surface area contributed by atoms with Crippen molar-refractivity contribution in [2.75, 3.05) is 0 Å². The highest BCUT2D eigenvalue weighted by Crippen LogP contribution is 2.68. The van der Waals surface area contributed by atoms with Crippen molar-refractivity contribution in [3.05, 3.63) is 0 Å². The fraction of sp³-hybridized carbons (Fsp3) is 0.920. The molecule has 4 aliphatic carbocycles. The molecule has 4 rings (SSSR count). The van der Waals surface area contributed by atoms with Gasteiger partial charge in [0.05, 0.1) is 0 Å². The second-order valence-corrected chi connectivity index (χ2v) is 11.4. The minimum atomic E-state index is -0.652. The van der Waals surface area contributed by atoms with Crippen LogP contribution in [0.25, 0.3) is 0 Å². The second-order valence-electron chi connectivity index (χ2n) is 11.4. The number of ether oxygens (including phenoxy) is 1. The minimum absolute atomic E-state index is 0.141. The van der Waals surface area contributed by atoms with E-state index < -0.39 is 5.97 Å². The lowest BCUT2D eigenvalue weighted by molar-refractivity contribution is -0.151. The van der Waals surface area contributed by atoms with Crippen LogP contribution in [-0.4, -0.2) is 23.7 Å². The van der Waals surface area contributed by atoms with E-state index in [-0.39, 0.29) is 6.10 Å². The van der Waals surface area contributed by atoms with Gasteiger partial charge in [0.1, 0.15) is 6.10 Å². The lowest BCUT2D eigenvalue weighted by Crippen LogP contribution is -2.54. The lowest BCUT2D eigenvalue weighted by Gasteiger charge is -2.61. The molecule has 0 bridgehead atoms. The standard InChI is InChI=1S/C25H40O4/c1-16(4-9-23(27)28)20-7-8-21-19-6-5-17-14-18(29-15-26)10-12-24(17,2)22(19)11-13-25(20,21)3/h15-22H,4-14H2,1-3H3,(H,27,28)/t16-,17-,18-,19+,20?,21+,22+,24+,25-/m1/s1. The van der Waals surface area contributed by atoms with E-state index >= 15 is 0 Å². The van der Waals surface area contributed by atoms with Gasteiger partial charge in [-0.3, -0.25) is 9.59 Å². The summed E-state index contributed by atoms with van der Waals surface area (Å²) in [6.45, 7) is 8.05. The molecule has 1 unspecified atom stereocenters. The van der Waals surface area contributed by atoms with Crippen molar-refractivity contribution in [3.8, 4) is 0 Å². The van der Waals surface area contributed by atoms with Gasteiger partial charge in [-0.2, -0.15) is 0 Å². The van der Waals surface area contributed by atoms with Crippen molar-refractivity contribution in [1.29, 1.82) is 0 Å². The van der Waals surface area contributed by atoms with Crippen molar-refractivity contribution >= 4 is 12.4 Å². The van der Waals surface area contributed by atoms with Gasteiger partial charge in [0.25, 0.3) is 6.47 Å². The van der Waals surface area contributed by atoms with Crippen LogP contribution in [0.4, 0.5) is 0 Å². The van der Waals surface area contributed by atoms with Crippen LogP contribution in [0.5, 0.6) is 0 Å². The number of carbonyl (C=O) groups excluding carboxylic acids is 1. The van der Waals surface area contributed by atoms with Gasteiger partial charge in [-0.15, -0.1) is 0 Å². The summed E-state index contributed by atoms with van der Waals surface area (Å²) in [5.41, 5.74) is 0.820. The average molecular weight is 405 g/mol. The summed E-state index contributed by atoms with van der Waals surface area (Å²) < 4.78 is 5.36. The maximum Gasteiger partial charge on any atom is 0.303 e. The number of carboxylic acids is 1. The second kappa shape index (κ2) is 7.89. The molecular formula is C25H40O4. The van der Waals surface area contributed by atoms with Crippen LogP contribution >= 0.6 is 0 Å². The van der Waals surface area contributed by atoms with Crippen LogP contribution in [0, 0.1) is 46.3 Å². The Morgan fingerprint density at radius 2 is 1.79 bits per heavy atom. The zero-order chi connectivity index (χ0) is 20.8. The van der Waals surface area contributed by atoms with Gasteiger partial charge in [0, 0.05) is 6.42 Å². The highest BCUT2D eigenvalue weighted by atomic mass is 16.5. The molecule has 0 saturated heterocycles. The molecule has 4 nitrogen and oxygen atoms in total. The summed E-state index contributed by atoms with van der Waals surface area (Å²) in [6, 6.07) is 0. The third-order valence-corrected chi connectivity index (χ3v) is 10.4. The van der Waals surface area contributed by atoms with E-state index in [1.165, 1.54) is 44.9 Å². The van der Waals surface area contributed by atoms with Gasteiger partial charge in [0.15, 0.2) is 0 Å². The Kier molecular flexibility index (Phi) is 5.76. The third kappa shape index (κ3) is 3.53. The molecule has 0 radical (unpaired) electrons. The topological polar surface area (TPSA) is 63.6 Å². The first-order valence-corrected chi connectivity index (χ1v) is 12.1.